The predicted molar refractivity (Wildman–Crippen MR) is 90.5 cm³/mol. The van der Waals surface area contributed by atoms with E-state index < -0.39 is 0 Å². The number of carbonyl (C=O) groups excluding carboxylic acids is 1. The van der Waals surface area contributed by atoms with Crippen LogP contribution < -0.4 is 11.1 Å². The van der Waals surface area contributed by atoms with Gasteiger partial charge in [0.2, 0.25) is 5.91 Å². The first-order valence-corrected chi connectivity index (χ1v) is 7.21. The van der Waals surface area contributed by atoms with Gasteiger partial charge in [-0.05, 0) is 43.2 Å². The van der Waals surface area contributed by atoms with Crippen LogP contribution in [0, 0.1) is 6.92 Å². The van der Waals surface area contributed by atoms with Gasteiger partial charge in [-0.15, -0.1) is 0 Å². The van der Waals surface area contributed by atoms with Crippen LogP contribution in [0.25, 0.3) is 0 Å². The Morgan fingerprint density at radius 3 is 2.52 bits per heavy atom. The average Bonchev–Trinajstić information content (AvgIpc) is 2.46. The summed E-state index contributed by atoms with van der Waals surface area (Å²) in [5.74, 6) is -0.000388. The van der Waals surface area contributed by atoms with E-state index in [-0.39, 0.29) is 5.91 Å². The Labute approximate surface area is 130 Å². The molecule has 0 saturated heterocycles. The molecule has 0 aliphatic heterocycles. The smallest absolute Gasteiger partial charge is 0.224 e. The minimum Gasteiger partial charge on any atom is -0.389 e. The number of hydrogen-bond acceptors (Lipinski definition) is 2. The lowest BCUT2D eigenvalue weighted by Crippen LogP contribution is -2.13. The van der Waals surface area contributed by atoms with Crippen molar-refractivity contribution in [1.29, 1.82) is 0 Å². The van der Waals surface area contributed by atoms with Gasteiger partial charge in [-0.1, -0.05) is 42.0 Å². The zero-order chi connectivity index (χ0) is 15.2. The number of anilines is 1. The Kier molecular flexibility index (Phi) is 5.06. The van der Waals surface area contributed by atoms with Crippen molar-refractivity contribution in [2.45, 2.75) is 19.8 Å². The fourth-order valence-electron chi connectivity index (χ4n) is 2.07. The molecule has 0 saturated carbocycles. The van der Waals surface area contributed by atoms with Gasteiger partial charge >= 0.3 is 0 Å². The fourth-order valence-corrected chi connectivity index (χ4v) is 2.20. The van der Waals surface area contributed by atoms with Crippen LogP contribution in [0.3, 0.4) is 0 Å². The highest BCUT2D eigenvalue weighted by molar-refractivity contribution is 7.80. The summed E-state index contributed by atoms with van der Waals surface area (Å²) in [5.41, 5.74) is 9.47. The largest absolute Gasteiger partial charge is 0.389 e. The molecule has 0 fully saturated rings. The quantitative estimate of drug-likeness (QED) is 0.833. The number of rotatable bonds is 5. The third-order valence-electron chi connectivity index (χ3n) is 3.18. The maximum absolute atomic E-state index is 11.9. The van der Waals surface area contributed by atoms with E-state index in [2.05, 4.69) is 11.4 Å². The molecule has 0 aliphatic carbocycles. The van der Waals surface area contributed by atoms with Crippen LogP contribution in [0.1, 0.15) is 23.1 Å². The molecule has 0 radical (unpaired) electrons. The van der Waals surface area contributed by atoms with Crippen LogP contribution in [0.5, 0.6) is 0 Å². The van der Waals surface area contributed by atoms with Crippen LogP contribution >= 0.6 is 12.2 Å². The summed E-state index contributed by atoms with van der Waals surface area (Å²) in [6, 6.07) is 15.4. The first-order valence-electron chi connectivity index (χ1n) is 6.80. The second kappa shape index (κ2) is 6.99. The summed E-state index contributed by atoms with van der Waals surface area (Å²) in [6.07, 6.45) is 1.19. The minimum absolute atomic E-state index is 0.000388. The maximum Gasteiger partial charge on any atom is 0.224 e. The first kappa shape index (κ1) is 15.2. The molecule has 3 N–H and O–H groups in total. The highest BCUT2D eigenvalue weighted by atomic mass is 32.1. The highest BCUT2D eigenvalue weighted by Gasteiger charge is 2.04. The number of aryl methyl sites for hydroxylation is 2. The van der Waals surface area contributed by atoms with Crippen LogP contribution in [-0.2, 0) is 11.2 Å². The number of hydrogen-bond donors (Lipinski definition) is 2. The summed E-state index contributed by atoms with van der Waals surface area (Å²) in [5, 5.41) is 2.87. The number of benzene rings is 2. The molecule has 108 valence electrons. The van der Waals surface area contributed by atoms with E-state index in [1.807, 2.05) is 25.1 Å². The molecule has 0 atom stereocenters. The summed E-state index contributed by atoms with van der Waals surface area (Å²) >= 11 is 4.89. The molecule has 3 nitrogen and oxygen atoms in total. The number of amides is 1. The first-order chi connectivity index (χ1) is 10.0. The van der Waals surface area contributed by atoms with Crippen LogP contribution in [-0.4, -0.2) is 10.9 Å². The summed E-state index contributed by atoms with van der Waals surface area (Å²) in [4.78, 5) is 12.3. The molecule has 4 heteroatoms. The van der Waals surface area contributed by atoms with Crippen molar-refractivity contribution in [1.82, 2.24) is 0 Å². The summed E-state index contributed by atoms with van der Waals surface area (Å²) < 4.78 is 0. The second-order valence-corrected chi connectivity index (χ2v) is 5.42. The van der Waals surface area contributed by atoms with E-state index in [1.54, 1.807) is 24.3 Å². The van der Waals surface area contributed by atoms with Gasteiger partial charge in [0.25, 0.3) is 0 Å². The molecule has 2 aromatic carbocycles. The van der Waals surface area contributed by atoms with Gasteiger partial charge in [-0.2, -0.15) is 0 Å². The minimum atomic E-state index is -0.000388. The van der Waals surface area contributed by atoms with Gasteiger partial charge in [0.05, 0.1) is 0 Å². The van der Waals surface area contributed by atoms with Gasteiger partial charge in [-0.25, -0.2) is 0 Å². The zero-order valence-corrected chi connectivity index (χ0v) is 12.7. The van der Waals surface area contributed by atoms with Gasteiger partial charge in [-0.3, -0.25) is 4.79 Å². The lowest BCUT2D eigenvalue weighted by Gasteiger charge is -2.07. The van der Waals surface area contributed by atoms with Gasteiger partial charge in [0, 0.05) is 17.7 Å². The lowest BCUT2D eigenvalue weighted by atomic mass is 10.1. The van der Waals surface area contributed by atoms with Gasteiger partial charge < -0.3 is 11.1 Å². The maximum atomic E-state index is 11.9. The molecule has 0 spiro atoms. The van der Waals surface area contributed by atoms with Gasteiger partial charge in [0.1, 0.15) is 4.99 Å². The SMILES string of the molecule is Cc1cccc(CCC(=O)Nc2ccc(C(N)=S)cc2)c1. The van der Waals surface area contributed by atoms with Crippen LogP contribution in [0.15, 0.2) is 48.5 Å². The zero-order valence-electron chi connectivity index (χ0n) is 11.9. The van der Waals surface area contributed by atoms with Gasteiger partial charge in [0.15, 0.2) is 0 Å². The standard InChI is InChI=1S/C17H18N2OS/c1-12-3-2-4-13(11-12)5-10-16(20)19-15-8-6-14(7-9-15)17(18)21/h2-4,6-9,11H,5,10H2,1H3,(H2,18,21)(H,19,20). The fraction of sp³-hybridized carbons (Fsp3) is 0.176. The normalized spacial score (nSPS) is 10.1. The molecule has 0 unspecified atom stereocenters. The predicted octanol–water partition coefficient (Wildman–Crippen LogP) is 3.20. The number of thiocarbonyl (C=S) groups is 1. The van der Waals surface area contributed by atoms with Crippen LogP contribution in [0.4, 0.5) is 5.69 Å². The Morgan fingerprint density at radius 2 is 1.90 bits per heavy atom. The average molecular weight is 298 g/mol. The Bertz CT molecular complexity index is 650. The topological polar surface area (TPSA) is 55.1 Å². The number of nitrogens with two attached hydrogens (primary N) is 1. The molecule has 2 aromatic rings. The van der Waals surface area contributed by atoms with E-state index in [1.165, 1.54) is 11.1 Å². The number of nitrogens with one attached hydrogen (secondary N) is 1. The molecule has 0 heterocycles. The van der Waals surface area contributed by atoms with E-state index >= 15 is 0 Å². The molecule has 0 aliphatic rings. The molecule has 0 aromatic heterocycles. The third kappa shape index (κ3) is 4.68. The molecule has 1 amide bonds. The Balaban J connectivity index is 1.88. The van der Waals surface area contributed by atoms with E-state index in [9.17, 15) is 4.79 Å². The molecule has 0 bridgehead atoms. The Hall–Kier alpha value is -2.20. The molecular weight excluding hydrogens is 280 g/mol. The van der Waals surface area contributed by atoms with Crippen molar-refractivity contribution in [2.24, 2.45) is 5.73 Å². The van der Waals surface area contributed by atoms with E-state index in [4.69, 9.17) is 18.0 Å². The monoisotopic (exact) mass is 298 g/mol. The molecule has 2 rings (SSSR count). The van der Waals surface area contributed by atoms with E-state index in [0.29, 0.717) is 11.4 Å². The highest BCUT2D eigenvalue weighted by Crippen LogP contribution is 2.11. The molecule has 21 heavy (non-hydrogen) atoms. The second-order valence-electron chi connectivity index (χ2n) is 4.98. The van der Waals surface area contributed by atoms with Crippen molar-refractivity contribution in [3.63, 3.8) is 0 Å². The van der Waals surface area contributed by atoms with Crippen molar-refractivity contribution < 1.29 is 4.79 Å². The van der Waals surface area contributed by atoms with Crippen LogP contribution in [0.2, 0.25) is 0 Å². The van der Waals surface area contributed by atoms with Crippen molar-refractivity contribution in [3.05, 3.63) is 65.2 Å². The van der Waals surface area contributed by atoms with Crippen molar-refractivity contribution >= 4 is 28.8 Å². The third-order valence-corrected chi connectivity index (χ3v) is 3.41. The van der Waals surface area contributed by atoms with Crippen molar-refractivity contribution in [3.8, 4) is 0 Å². The Morgan fingerprint density at radius 1 is 1.19 bits per heavy atom. The van der Waals surface area contributed by atoms with Crippen molar-refractivity contribution in [2.75, 3.05) is 5.32 Å². The summed E-state index contributed by atoms with van der Waals surface area (Å²) in [7, 11) is 0. The lowest BCUT2D eigenvalue weighted by molar-refractivity contribution is -0.116. The molecular formula is C17H18N2OS. The number of carbonyl (C=O) groups is 1. The van der Waals surface area contributed by atoms with E-state index in [0.717, 1.165) is 17.7 Å². The summed E-state index contributed by atoms with van der Waals surface area (Å²) in [6.45, 7) is 2.05.